The number of aliphatic hydroxyl groups is 1. The fraction of sp³-hybridized carbons (Fsp3) is 1.00. The van der Waals surface area contributed by atoms with Gasteiger partial charge >= 0.3 is 0 Å². The van der Waals surface area contributed by atoms with Crippen molar-refractivity contribution in [3.63, 3.8) is 0 Å². The molecule has 6 rings (SSSR count). The molecule has 30 heavy (non-hydrogen) atoms. The lowest BCUT2D eigenvalue weighted by molar-refractivity contribution is -0.140. The molecule has 3 nitrogen and oxygen atoms in total. The minimum atomic E-state index is -0.0320. The lowest BCUT2D eigenvalue weighted by Crippen LogP contribution is -2.57. The molecule has 2 N–H and O–H groups in total. The van der Waals surface area contributed by atoms with Crippen LogP contribution >= 0.6 is 0 Å². The molecule has 0 aromatic rings. The maximum atomic E-state index is 10.3. The van der Waals surface area contributed by atoms with Gasteiger partial charge in [0.15, 0.2) is 0 Å². The summed E-state index contributed by atoms with van der Waals surface area (Å²) in [4.78, 5) is 0. The van der Waals surface area contributed by atoms with Crippen molar-refractivity contribution in [2.75, 3.05) is 6.54 Å². The molecule has 4 aliphatic carbocycles. The van der Waals surface area contributed by atoms with Gasteiger partial charge in [-0.3, -0.25) is 5.32 Å². The lowest BCUT2D eigenvalue weighted by atomic mass is 9.44. The van der Waals surface area contributed by atoms with Gasteiger partial charge in [-0.05, 0) is 111 Å². The molecule has 0 aromatic heterocycles. The van der Waals surface area contributed by atoms with Crippen molar-refractivity contribution in [3.05, 3.63) is 0 Å². The van der Waals surface area contributed by atoms with Gasteiger partial charge in [0.2, 0.25) is 0 Å². The fourth-order valence-electron chi connectivity index (χ4n) is 10.4. The Bertz CT molecular complexity index is 686. The van der Waals surface area contributed by atoms with Gasteiger partial charge in [0.05, 0.1) is 12.2 Å². The number of hydrogen-bond donors (Lipinski definition) is 2. The number of piperidine rings is 1. The summed E-state index contributed by atoms with van der Waals surface area (Å²) in [5.74, 6) is 5.57. The first-order valence-corrected chi connectivity index (χ1v) is 13.4. The van der Waals surface area contributed by atoms with Gasteiger partial charge in [-0.1, -0.05) is 27.7 Å². The number of aliphatic hydroxyl groups excluding tert-OH is 1. The molecule has 0 amide bonds. The molecule has 6 fully saturated rings. The standard InChI is InChI=1S/C27H45NO2/c1-16-7-12-27(28-15-16)17(2)24-23(30-27)14-22-20-6-5-18-13-19(29)8-10-25(18,3)21(20)9-11-26(22,24)4/h16-24,28-29H,5-15H2,1-4H3/t16-,17-,18+,19-,20-,21-,22+,23+,24+,25-,26-,27-/m0/s1. The minimum absolute atomic E-state index is 0.0319. The number of hydrogen-bond acceptors (Lipinski definition) is 3. The number of ether oxygens (including phenoxy) is 1. The first kappa shape index (κ1) is 20.5. The van der Waals surface area contributed by atoms with E-state index in [9.17, 15) is 5.11 Å². The molecular weight excluding hydrogens is 370 g/mol. The summed E-state index contributed by atoms with van der Waals surface area (Å²) >= 11 is 0. The number of nitrogens with one attached hydrogen (secondary N) is 1. The van der Waals surface area contributed by atoms with Gasteiger partial charge in [-0.2, -0.15) is 0 Å². The van der Waals surface area contributed by atoms with Crippen molar-refractivity contribution >= 4 is 0 Å². The van der Waals surface area contributed by atoms with Gasteiger partial charge in [0.25, 0.3) is 0 Å². The van der Waals surface area contributed by atoms with E-state index in [-0.39, 0.29) is 11.8 Å². The highest BCUT2D eigenvalue weighted by molar-refractivity contribution is 5.16. The summed E-state index contributed by atoms with van der Waals surface area (Å²) in [5, 5.41) is 14.2. The third-order valence-corrected chi connectivity index (χ3v) is 12.1. The fourth-order valence-corrected chi connectivity index (χ4v) is 10.4. The van der Waals surface area contributed by atoms with Crippen LogP contribution in [0.1, 0.15) is 91.9 Å². The van der Waals surface area contributed by atoms with E-state index >= 15 is 0 Å². The second-order valence-corrected chi connectivity index (χ2v) is 13.3. The van der Waals surface area contributed by atoms with Crippen LogP contribution in [0.5, 0.6) is 0 Å². The monoisotopic (exact) mass is 415 g/mol. The van der Waals surface area contributed by atoms with Crippen LogP contribution in [0.4, 0.5) is 0 Å². The first-order valence-electron chi connectivity index (χ1n) is 13.4. The molecule has 4 saturated carbocycles. The van der Waals surface area contributed by atoms with Crippen molar-refractivity contribution < 1.29 is 9.84 Å². The van der Waals surface area contributed by atoms with E-state index in [1.807, 2.05) is 0 Å². The van der Waals surface area contributed by atoms with Crippen LogP contribution in [0.3, 0.4) is 0 Å². The maximum absolute atomic E-state index is 10.3. The smallest absolute Gasteiger partial charge is 0.122 e. The van der Waals surface area contributed by atoms with E-state index in [1.165, 1.54) is 51.4 Å². The van der Waals surface area contributed by atoms with Crippen molar-refractivity contribution in [1.82, 2.24) is 5.32 Å². The van der Waals surface area contributed by atoms with E-state index < -0.39 is 0 Å². The normalized spacial score (nSPS) is 62.5. The van der Waals surface area contributed by atoms with Gasteiger partial charge in [-0.15, -0.1) is 0 Å². The quantitative estimate of drug-likeness (QED) is 0.559. The Morgan fingerprint density at radius 1 is 0.867 bits per heavy atom. The molecule has 1 spiro atoms. The zero-order chi connectivity index (χ0) is 20.9. The highest BCUT2D eigenvalue weighted by Gasteiger charge is 2.68. The molecule has 0 unspecified atom stereocenters. The molecular formula is C27H45NO2. The average Bonchev–Trinajstić information content (AvgIpc) is 3.16. The van der Waals surface area contributed by atoms with E-state index in [1.54, 1.807) is 0 Å². The SMILES string of the molecule is C[C@H]1CC[C@]2(NC1)O[C@@H]1C[C@@H]3[C@H]4CC[C@@H]5C[C@@H](O)CC[C@]5(C)[C@H]4CC[C@]3(C)[C@@H]1[C@@H]2C. The van der Waals surface area contributed by atoms with Gasteiger partial charge in [-0.25, -0.2) is 0 Å². The highest BCUT2D eigenvalue weighted by Crippen LogP contribution is 2.71. The molecule has 2 aliphatic heterocycles. The predicted molar refractivity (Wildman–Crippen MR) is 120 cm³/mol. The average molecular weight is 416 g/mol. The molecule has 0 aromatic carbocycles. The summed E-state index contributed by atoms with van der Waals surface area (Å²) in [6, 6.07) is 0. The van der Waals surface area contributed by atoms with Crippen LogP contribution in [-0.2, 0) is 4.74 Å². The Morgan fingerprint density at radius 3 is 2.43 bits per heavy atom. The van der Waals surface area contributed by atoms with E-state index in [4.69, 9.17) is 4.74 Å². The van der Waals surface area contributed by atoms with Crippen LogP contribution in [0.2, 0.25) is 0 Å². The topological polar surface area (TPSA) is 41.5 Å². The van der Waals surface area contributed by atoms with Crippen LogP contribution in [0.25, 0.3) is 0 Å². The molecule has 12 atom stereocenters. The Morgan fingerprint density at radius 2 is 1.67 bits per heavy atom. The zero-order valence-electron chi connectivity index (χ0n) is 19.8. The minimum Gasteiger partial charge on any atom is -0.393 e. The molecule has 2 saturated heterocycles. The zero-order valence-corrected chi connectivity index (χ0v) is 19.8. The predicted octanol–water partition coefficient (Wildman–Crippen LogP) is 5.37. The number of rotatable bonds is 0. The van der Waals surface area contributed by atoms with Gasteiger partial charge in [0.1, 0.15) is 5.72 Å². The molecule has 170 valence electrons. The van der Waals surface area contributed by atoms with E-state index in [0.717, 1.165) is 54.9 Å². The molecule has 6 aliphatic rings. The van der Waals surface area contributed by atoms with Crippen LogP contribution in [0, 0.1) is 52.3 Å². The Labute approximate surface area is 184 Å². The van der Waals surface area contributed by atoms with Crippen molar-refractivity contribution in [2.45, 2.75) is 110 Å². The van der Waals surface area contributed by atoms with Crippen molar-refractivity contribution in [1.29, 1.82) is 0 Å². The Kier molecular flexibility index (Phi) is 4.58. The largest absolute Gasteiger partial charge is 0.393 e. The lowest BCUT2D eigenvalue weighted by Gasteiger charge is -2.61. The molecule has 0 bridgehead atoms. The van der Waals surface area contributed by atoms with Gasteiger partial charge in [0, 0.05) is 12.5 Å². The van der Waals surface area contributed by atoms with E-state index in [2.05, 4.69) is 33.0 Å². The summed E-state index contributed by atoms with van der Waals surface area (Å²) < 4.78 is 7.01. The van der Waals surface area contributed by atoms with Crippen LogP contribution in [0.15, 0.2) is 0 Å². The highest BCUT2D eigenvalue weighted by atomic mass is 16.5. The maximum Gasteiger partial charge on any atom is 0.122 e. The van der Waals surface area contributed by atoms with E-state index in [0.29, 0.717) is 22.9 Å². The Balaban J connectivity index is 1.26. The second kappa shape index (κ2) is 6.70. The molecule has 2 heterocycles. The number of fused-ring (bicyclic) bond motifs is 7. The summed E-state index contributed by atoms with van der Waals surface area (Å²) in [6.07, 6.45) is 13.2. The summed E-state index contributed by atoms with van der Waals surface area (Å²) in [7, 11) is 0. The third kappa shape index (κ3) is 2.61. The summed E-state index contributed by atoms with van der Waals surface area (Å²) in [6.45, 7) is 11.3. The summed E-state index contributed by atoms with van der Waals surface area (Å²) in [5.41, 5.74) is 0.919. The molecule has 0 radical (unpaired) electrons. The van der Waals surface area contributed by atoms with Gasteiger partial charge < -0.3 is 9.84 Å². The van der Waals surface area contributed by atoms with Crippen LogP contribution in [-0.4, -0.2) is 29.6 Å². The molecule has 3 heteroatoms. The van der Waals surface area contributed by atoms with Crippen molar-refractivity contribution in [2.24, 2.45) is 52.3 Å². The van der Waals surface area contributed by atoms with Crippen LogP contribution < -0.4 is 5.32 Å². The second-order valence-electron chi connectivity index (χ2n) is 13.3. The Hall–Kier alpha value is -0.120. The van der Waals surface area contributed by atoms with Crippen molar-refractivity contribution in [3.8, 4) is 0 Å². The first-order chi connectivity index (χ1) is 14.3. The third-order valence-electron chi connectivity index (χ3n) is 12.1.